The SMILES string of the molecule is CCC.COC(=O)CCC(=N)N=NN. The number of ether oxygens (including phenoxy) is 1. The molecule has 0 amide bonds. The van der Waals surface area contributed by atoms with Gasteiger partial charge in [-0.2, -0.15) is 0 Å². The molecular formula is C8H18N4O2. The molecule has 3 N–H and O–H groups in total. The molecule has 0 aliphatic rings. The van der Waals surface area contributed by atoms with Gasteiger partial charge in [0.2, 0.25) is 0 Å². The number of methoxy groups -OCH3 is 1. The van der Waals surface area contributed by atoms with Crippen molar-refractivity contribution in [1.29, 1.82) is 5.41 Å². The number of nitrogens with two attached hydrogens (primary N) is 1. The van der Waals surface area contributed by atoms with Gasteiger partial charge in [0.05, 0.1) is 13.5 Å². The Morgan fingerprint density at radius 3 is 2.29 bits per heavy atom. The van der Waals surface area contributed by atoms with E-state index in [-0.39, 0.29) is 24.6 Å². The van der Waals surface area contributed by atoms with Crippen LogP contribution in [0.5, 0.6) is 0 Å². The summed E-state index contributed by atoms with van der Waals surface area (Å²) in [5, 5.41) is 13.1. The van der Waals surface area contributed by atoms with Gasteiger partial charge < -0.3 is 10.6 Å². The zero-order valence-electron chi connectivity index (χ0n) is 8.91. The summed E-state index contributed by atoms with van der Waals surface area (Å²) in [5.74, 6) is 4.27. The summed E-state index contributed by atoms with van der Waals surface area (Å²) in [7, 11) is 1.29. The van der Waals surface area contributed by atoms with Crippen molar-refractivity contribution in [2.24, 2.45) is 16.2 Å². The first-order chi connectivity index (χ1) is 6.62. The highest BCUT2D eigenvalue weighted by Crippen LogP contribution is 1.94. The van der Waals surface area contributed by atoms with Crippen molar-refractivity contribution in [1.82, 2.24) is 0 Å². The molecule has 82 valence electrons. The number of amidine groups is 1. The summed E-state index contributed by atoms with van der Waals surface area (Å²) in [4.78, 5) is 10.5. The van der Waals surface area contributed by atoms with E-state index < -0.39 is 0 Å². The summed E-state index contributed by atoms with van der Waals surface area (Å²) in [6.07, 6.45) is 1.59. The second-order valence-corrected chi connectivity index (χ2v) is 2.45. The quantitative estimate of drug-likeness (QED) is 0.182. The number of hydrogen-bond acceptors (Lipinski definition) is 4. The van der Waals surface area contributed by atoms with Gasteiger partial charge in [-0.3, -0.25) is 10.2 Å². The first kappa shape index (κ1) is 15.0. The van der Waals surface area contributed by atoms with Crippen molar-refractivity contribution in [3.63, 3.8) is 0 Å². The van der Waals surface area contributed by atoms with Crippen LogP contribution in [0.4, 0.5) is 0 Å². The summed E-state index contributed by atoms with van der Waals surface area (Å²) in [6, 6.07) is 0. The Morgan fingerprint density at radius 1 is 1.43 bits per heavy atom. The molecule has 6 heteroatoms. The number of hydrogen-bond donors (Lipinski definition) is 2. The van der Waals surface area contributed by atoms with Gasteiger partial charge >= 0.3 is 5.97 Å². The topological polar surface area (TPSA) is 101 Å². The minimum atomic E-state index is -0.373. The zero-order valence-corrected chi connectivity index (χ0v) is 8.91. The molecule has 0 atom stereocenters. The normalized spacial score (nSPS) is 9.07. The second kappa shape index (κ2) is 11.5. The summed E-state index contributed by atoms with van der Waals surface area (Å²) in [5.41, 5.74) is 0. The standard InChI is InChI=1S/C5H10N4O2.C3H8/c1-11-5(10)3-2-4(6)8-9-7;1-3-2/h2-3H2,1H3,(H3,6,7,8);3H2,1-2H3. The third kappa shape index (κ3) is 13.2. The third-order valence-electron chi connectivity index (χ3n) is 0.972. The summed E-state index contributed by atoms with van der Waals surface area (Å²) >= 11 is 0. The fraction of sp³-hybridized carbons (Fsp3) is 0.750. The predicted molar refractivity (Wildman–Crippen MR) is 54.0 cm³/mol. The Kier molecular flexibility index (Phi) is 12.4. The molecule has 0 spiro atoms. The predicted octanol–water partition coefficient (Wildman–Crippen LogP) is 1.66. The number of carbonyl (C=O) groups excluding carboxylic acids is 1. The molecule has 0 rings (SSSR count). The van der Waals surface area contributed by atoms with Crippen molar-refractivity contribution < 1.29 is 9.53 Å². The molecule has 0 bridgehead atoms. The molecule has 0 aliphatic carbocycles. The Bertz CT molecular complexity index is 192. The Balaban J connectivity index is 0. The lowest BCUT2D eigenvalue weighted by molar-refractivity contribution is -0.140. The minimum absolute atomic E-state index is 0.0297. The lowest BCUT2D eigenvalue weighted by Crippen LogP contribution is -2.03. The van der Waals surface area contributed by atoms with E-state index in [9.17, 15) is 4.79 Å². The van der Waals surface area contributed by atoms with Crippen LogP contribution >= 0.6 is 0 Å². The van der Waals surface area contributed by atoms with Gasteiger partial charge in [-0.15, -0.1) is 5.11 Å². The third-order valence-corrected chi connectivity index (χ3v) is 0.972. The minimum Gasteiger partial charge on any atom is -0.469 e. The molecule has 14 heavy (non-hydrogen) atoms. The first-order valence-corrected chi connectivity index (χ1v) is 4.37. The van der Waals surface area contributed by atoms with Gasteiger partial charge in [-0.25, -0.2) is 0 Å². The zero-order chi connectivity index (χ0) is 11.4. The van der Waals surface area contributed by atoms with Gasteiger partial charge in [-0.1, -0.05) is 25.5 Å². The van der Waals surface area contributed by atoms with Gasteiger partial charge in [0.1, 0.15) is 5.84 Å². The van der Waals surface area contributed by atoms with Crippen molar-refractivity contribution >= 4 is 11.8 Å². The van der Waals surface area contributed by atoms with Crippen LogP contribution in [0, 0.1) is 5.41 Å². The number of nitrogens with one attached hydrogen (secondary N) is 1. The number of carbonyl (C=O) groups is 1. The summed E-state index contributed by atoms with van der Waals surface area (Å²) in [6.45, 7) is 4.25. The molecule has 6 nitrogen and oxygen atoms in total. The fourth-order valence-electron chi connectivity index (χ4n) is 0.442. The molecule has 0 saturated carbocycles. The Labute approximate surface area is 84.0 Å². The van der Waals surface area contributed by atoms with E-state index in [0.717, 1.165) is 0 Å². The van der Waals surface area contributed by atoms with Crippen LogP contribution in [0.25, 0.3) is 0 Å². The number of nitrogens with zero attached hydrogens (tertiary/aromatic N) is 2. The molecule has 0 saturated heterocycles. The molecule has 0 aliphatic heterocycles. The van der Waals surface area contributed by atoms with Crippen molar-refractivity contribution in [2.75, 3.05) is 7.11 Å². The lowest BCUT2D eigenvalue weighted by atomic mass is 10.3. The summed E-state index contributed by atoms with van der Waals surface area (Å²) < 4.78 is 4.34. The molecule has 0 aromatic heterocycles. The van der Waals surface area contributed by atoms with E-state index >= 15 is 0 Å². The van der Waals surface area contributed by atoms with E-state index in [0.29, 0.717) is 0 Å². The van der Waals surface area contributed by atoms with Gasteiger partial charge in [0, 0.05) is 6.42 Å². The van der Waals surface area contributed by atoms with E-state index in [4.69, 9.17) is 5.41 Å². The second-order valence-electron chi connectivity index (χ2n) is 2.45. The van der Waals surface area contributed by atoms with Crippen molar-refractivity contribution in [3.05, 3.63) is 0 Å². The van der Waals surface area contributed by atoms with E-state index in [1.54, 1.807) is 0 Å². The van der Waals surface area contributed by atoms with Crippen LogP contribution < -0.4 is 5.84 Å². The lowest BCUT2D eigenvalue weighted by Gasteiger charge is -1.95. The largest absolute Gasteiger partial charge is 0.469 e. The first-order valence-electron chi connectivity index (χ1n) is 4.37. The van der Waals surface area contributed by atoms with Gasteiger partial charge in [0.25, 0.3) is 0 Å². The maximum atomic E-state index is 10.5. The van der Waals surface area contributed by atoms with Crippen LogP contribution in [-0.2, 0) is 9.53 Å². The van der Waals surface area contributed by atoms with E-state index in [2.05, 4.69) is 34.8 Å². The molecule has 0 radical (unpaired) electrons. The molecule has 0 fully saturated rings. The molecule has 0 aromatic carbocycles. The highest BCUT2D eigenvalue weighted by Gasteiger charge is 2.01. The van der Waals surface area contributed by atoms with E-state index in [1.165, 1.54) is 13.5 Å². The number of esters is 1. The molecule has 0 unspecified atom stereocenters. The molecule has 0 heterocycles. The van der Waals surface area contributed by atoms with Crippen molar-refractivity contribution in [3.8, 4) is 0 Å². The van der Waals surface area contributed by atoms with Crippen molar-refractivity contribution in [2.45, 2.75) is 33.1 Å². The van der Waals surface area contributed by atoms with Gasteiger partial charge in [-0.05, 0) is 0 Å². The monoisotopic (exact) mass is 202 g/mol. The Morgan fingerprint density at radius 2 is 1.93 bits per heavy atom. The smallest absolute Gasteiger partial charge is 0.305 e. The van der Waals surface area contributed by atoms with Gasteiger partial charge in [0.15, 0.2) is 0 Å². The van der Waals surface area contributed by atoms with E-state index in [1.807, 2.05) is 0 Å². The average molecular weight is 202 g/mol. The van der Waals surface area contributed by atoms with Crippen LogP contribution in [0.15, 0.2) is 10.3 Å². The highest BCUT2D eigenvalue weighted by molar-refractivity contribution is 5.83. The van der Waals surface area contributed by atoms with Crippen LogP contribution in [0.2, 0.25) is 0 Å². The maximum Gasteiger partial charge on any atom is 0.305 e. The molecular weight excluding hydrogens is 184 g/mol. The van der Waals surface area contributed by atoms with Crippen LogP contribution in [0.1, 0.15) is 33.1 Å². The van der Waals surface area contributed by atoms with Crippen LogP contribution in [0.3, 0.4) is 0 Å². The average Bonchev–Trinajstić information content (AvgIpc) is 2.16. The fourth-order valence-corrected chi connectivity index (χ4v) is 0.442. The Hall–Kier alpha value is -1.46. The highest BCUT2D eigenvalue weighted by atomic mass is 16.5. The number of rotatable bonds is 3. The maximum absolute atomic E-state index is 10.5. The van der Waals surface area contributed by atoms with Crippen LogP contribution in [-0.4, -0.2) is 18.9 Å². The molecule has 0 aromatic rings.